The fraction of sp³-hybridized carbons (Fsp3) is 0. The van der Waals surface area contributed by atoms with E-state index in [1.807, 2.05) is 6.07 Å². The lowest BCUT2D eigenvalue weighted by Crippen LogP contribution is -1.89. The monoisotopic (exact) mass is 245 g/mol. The first-order valence-corrected chi connectivity index (χ1v) is 5.16. The third kappa shape index (κ3) is 2.65. The zero-order valence-corrected chi connectivity index (χ0v) is 9.48. The number of halogens is 1. The van der Waals surface area contributed by atoms with Crippen LogP contribution in [-0.4, -0.2) is 4.98 Å². The number of anilines is 1. The smallest absolute Gasteiger partial charge is 0.145 e. The number of nitrogens with zero attached hydrogens (tertiary/aromatic N) is 2. The molecule has 5 heteroatoms. The molecule has 0 spiro atoms. The summed E-state index contributed by atoms with van der Waals surface area (Å²) in [5.41, 5.74) is 6.42. The highest BCUT2D eigenvalue weighted by molar-refractivity contribution is 6.33. The summed E-state index contributed by atoms with van der Waals surface area (Å²) in [5.74, 6) is 1.10. The van der Waals surface area contributed by atoms with E-state index in [2.05, 4.69) is 4.98 Å². The van der Waals surface area contributed by atoms with Crippen LogP contribution in [0.3, 0.4) is 0 Å². The molecule has 4 nitrogen and oxygen atoms in total. The molecule has 0 amide bonds. The third-order valence-electron chi connectivity index (χ3n) is 2.06. The Hall–Kier alpha value is -2.25. The van der Waals surface area contributed by atoms with E-state index < -0.39 is 0 Å². The predicted molar refractivity (Wildman–Crippen MR) is 64.9 cm³/mol. The molecule has 0 unspecified atom stereocenters. The molecular weight excluding hydrogens is 238 g/mol. The summed E-state index contributed by atoms with van der Waals surface area (Å²) >= 11 is 5.86. The van der Waals surface area contributed by atoms with E-state index in [1.54, 1.807) is 30.3 Å². The first kappa shape index (κ1) is 11.2. The molecule has 0 aliphatic rings. The molecule has 0 aliphatic carbocycles. The lowest BCUT2D eigenvalue weighted by atomic mass is 10.3. The van der Waals surface area contributed by atoms with Crippen molar-refractivity contribution in [2.75, 3.05) is 5.73 Å². The summed E-state index contributed by atoms with van der Waals surface area (Å²) in [6, 6.07) is 10.2. The van der Waals surface area contributed by atoms with E-state index in [1.165, 1.54) is 6.20 Å². The molecular formula is C12H8ClN3O. The summed E-state index contributed by atoms with van der Waals surface area (Å²) in [6.07, 6.45) is 1.48. The van der Waals surface area contributed by atoms with Crippen molar-refractivity contribution >= 4 is 17.3 Å². The molecule has 1 aromatic carbocycles. The van der Waals surface area contributed by atoms with Crippen molar-refractivity contribution in [3.8, 4) is 17.6 Å². The van der Waals surface area contributed by atoms with E-state index in [-0.39, 0.29) is 0 Å². The van der Waals surface area contributed by atoms with Crippen LogP contribution in [0, 0.1) is 11.3 Å². The maximum atomic E-state index is 8.60. The minimum atomic E-state index is 0.340. The van der Waals surface area contributed by atoms with Gasteiger partial charge in [0.05, 0.1) is 16.9 Å². The second-order valence-corrected chi connectivity index (χ2v) is 3.68. The SMILES string of the molecule is N#Cc1ccc(Oc2ccc(N)c(Cl)c2)cn1. The van der Waals surface area contributed by atoms with Crippen LogP contribution >= 0.6 is 11.6 Å². The zero-order chi connectivity index (χ0) is 12.3. The maximum Gasteiger partial charge on any atom is 0.145 e. The largest absolute Gasteiger partial charge is 0.456 e. The number of hydrogen-bond donors (Lipinski definition) is 1. The highest BCUT2D eigenvalue weighted by Gasteiger charge is 2.01. The van der Waals surface area contributed by atoms with Crippen molar-refractivity contribution in [2.24, 2.45) is 0 Å². The van der Waals surface area contributed by atoms with Crippen LogP contribution in [0.5, 0.6) is 11.5 Å². The van der Waals surface area contributed by atoms with Crippen LogP contribution in [0.25, 0.3) is 0 Å². The molecule has 0 bridgehead atoms. The van der Waals surface area contributed by atoms with Crippen molar-refractivity contribution in [3.63, 3.8) is 0 Å². The van der Waals surface area contributed by atoms with Crippen LogP contribution in [0.4, 0.5) is 5.69 Å². The van der Waals surface area contributed by atoms with E-state index in [4.69, 9.17) is 27.3 Å². The minimum absolute atomic E-state index is 0.340. The third-order valence-corrected chi connectivity index (χ3v) is 2.39. The van der Waals surface area contributed by atoms with Gasteiger partial charge in [-0.25, -0.2) is 4.98 Å². The van der Waals surface area contributed by atoms with Gasteiger partial charge in [-0.15, -0.1) is 0 Å². The van der Waals surface area contributed by atoms with Crippen molar-refractivity contribution in [1.29, 1.82) is 5.26 Å². The van der Waals surface area contributed by atoms with Crippen LogP contribution < -0.4 is 10.5 Å². The Morgan fingerprint density at radius 1 is 1.24 bits per heavy atom. The molecule has 0 radical (unpaired) electrons. The summed E-state index contributed by atoms with van der Waals surface area (Å²) in [4.78, 5) is 3.89. The molecule has 84 valence electrons. The number of aromatic nitrogens is 1. The molecule has 1 heterocycles. The van der Waals surface area contributed by atoms with E-state index in [0.717, 1.165) is 0 Å². The number of nitrogen functional groups attached to an aromatic ring is 1. The van der Waals surface area contributed by atoms with Gasteiger partial charge in [-0.2, -0.15) is 5.26 Å². The predicted octanol–water partition coefficient (Wildman–Crippen LogP) is 2.98. The van der Waals surface area contributed by atoms with Gasteiger partial charge in [-0.3, -0.25) is 0 Å². The Morgan fingerprint density at radius 3 is 2.59 bits per heavy atom. The van der Waals surface area contributed by atoms with Gasteiger partial charge in [0.1, 0.15) is 23.3 Å². The zero-order valence-electron chi connectivity index (χ0n) is 8.72. The Balaban J connectivity index is 2.20. The van der Waals surface area contributed by atoms with Gasteiger partial charge in [0.15, 0.2) is 0 Å². The number of pyridine rings is 1. The summed E-state index contributed by atoms with van der Waals surface area (Å²) in [7, 11) is 0. The molecule has 0 fully saturated rings. The number of ether oxygens (including phenoxy) is 1. The number of nitriles is 1. The molecule has 0 saturated carbocycles. The van der Waals surface area contributed by atoms with Crippen LogP contribution in [-0.2, 0) is 0 Å². The molecule has 0 saturated heterocycles. The Morgan fingerprint density at radius 2 is 2.00 bits per heavy atom. The second kappa shape index (κ2) is 4.73. The van der Waals surface area contributed by atoms with Crippen LogP contribution in [0.2, 0.25) is 5.02 Å². The number of rotatable bonds is 2. The average Bonchev–Trinajstić information content (AvgIpc) is 2.35. The van der Waals surface area contributed by atoms with Gasteiger partial charge in [0.2, 0.25) is 0 Å². The molecule has 2 rings (SSSR count). The summed E-state index contributed by atoms with van der Waals surface area (Å²) in [5, 5.41) is 9.03. The van der Waals surface area contributed by atoms with Crippen molar-refractivity contribution < 1.29 is 4.74 Å². The number of nitrogens with two attached hydrogens (primary N) is 1. The quantitative estimate of drug-likeness (QED) is 0.826. The summed E-state index contributed by atoms with van der Waals surface area (Å²) in [6.45, 7) is 0. The van der Waals surface area contributed by atoms with E-state index in [9.17, 15) is 0 Å². The van der Waals surface area contributed by atoms with Gasteiger partial charge >= 0.3 is 0 Å². The number of benzene rings is 1. The number of hydrogen-bond acceptors (Lipinski definition) is 4. The van der Waals surface area contributed by atoms with E-state index in [0.29, 0.717) is 27.9 Å². The van der Waals surface area contributed by atoms with Gasteiger partial charge in [0, 0.05) is 6.07 Å². The lowest BCUT2D eigenvalue weighted by molar-refractivity contribution is 0.480. The maximum absolute atomic E-state index is 8.60. The van der Waals surface area contributed by atoms with Gasteiger partial charge in [-0.1, -0.05) is 11.6 Å². The lowest BCUT2D eigenvalue weighted by Gasteiger charge is -2.06. The van der Waals surface area contributed by atoms with Crippen LogP contribution in [0.1, 0.15) is 5.69 Å². The fourth-order valence-corrected chi connectivity index (χ4v) is 1.38. The van der Waals surface area contributed by atoms with Crippen LogP contribution in [0.15, 0.2) is 36.5 Å². The standard InChI is InChI=1S/C12H8ClN3O/c13-11-5-9(3-4-12(11)15)17-10-2-1-8(6-14)16-7-10/h1-5,7H,15H2. The normalized spacial score (nSPS) is 9.65. The van der Waals surface area contributed by atoms with Crippen molar-refractivity contribution in [2.45, 2.75) is 0 Å². The molecule has 0 aliphatic heterocycles. The van der Waals surface area contributed by atoms with E-state index >= 15 is 0 Å². The fourth-order valence-electron chi connectivity index (χ4n) is 1.21. The topological polar surface area (TPSA) is 71.9 Å². The molecule has 0 atom stereocenters. The Bertz CT molecular complexity index is 575. The molecule has 2 N–H and O–H groups in total. The molecule has 2 aromatic rings. The molecule has 17 heavy (non-hydrogen) atoms. The first-order valence-electron chi connectivity index (χ1n) is 4.78. The minimum Gasteiger partial charge on any atom is -0.456 e. The Kier molecular flexibility index (Phi) is 3.12. The highest BCUT2D eigenvalue weighted by Crippen LogP contribution is 2.27. The Labute approximate surface area is 103 Å². The summed E-state index contributed by atoms with van der Waals surface area (Å²) < 4.78 is 5.50. The van der Waals surface area contributed by atoms with Gasteiger partial charge in [0.25, 0.3) is 0 Å². The second-order valence-electron chi connectivity index (χ2n) is 3.28. The van der Waals surface area contributed by atoms with Gasteiger partial charge < -0.3 is 10.5 Å². The highest BCUT2D eigenvalue weighted by atomic mass is 35.5. The van der Waals surface area contributed by atoms with Crippen molar-refractivity contribution in [3.05, 3.63) is 47.2 Å². The average molecular weight is 246 g/mol. The van der Waals surface area contributed by atoms with Gasteiger partial charge in [-0.05, 0) is 24.3 Å². The first-order chi connectivity index (χ1) is 8.19. The molecule has 1 aromatic heterocycles. The van der Waals surface area contributed by atoms with Crippen molar-refractivity contribution in [1.82, 2.24) is 4.98 Å².